The first-order chi connectivity index (χ1) is 7.34. The van der Waals surface area contributed by atoms with E-state index in [0.717, 1.165) is 17.5 Å². The van der Waals surface area contributed by atoms with Gasteiger partial charge >= 0.3 is 0 Å². The molecule has 0 aliphatic heterocycles. The maximum Gasteiger partial charge on any atom is 0.137 e. The minimum atomic E-state index is 0.768. The standard InChI is InChI=1S/C13H14N2/c1-8-3-2-4-11-14-12-9-5-6-10(7-9)13(12)15(8)11/h2-4,9-10H,5-7H2,1H3. The van der Waals surface area contributed by atoms with E-state index in [2.05, 4.69) is 29.5 Å². The van der Waals surface area contributed by atoms with Crippen LogP contribution in [-0.4, -0.2) is 9.38 Å². The van der Waals surface area contributed by atoms with E-state index in [9.17, 15) is 0 Å². The fourth-order valence-electron chi connectivity index (χ4n) is 3.47. The quantitative estimate of drug-likeness (QED) is 0.636. The summed E-state index contributed by atoms with van der Waals surface area (Å²) >= 11 is 0. The number of pyridine rings is 1. The molecule has 2 nitrogen and oxygen atoms in total. The predicted octanol–water partition coefficient (Wildman–Crippen LogP) is 3.01. The van der Waals surface area contributed by atoms with Crippen LogP contribution in [0.15, 0.2) is 18.2 Å². The Kier molecular flexibility index (Phi) is 1.28. The van der Waals surface area contributed by atoms with E-state index in [0.29, 0.717) is 0 Å². The molecule has 2 aliphatic rings. The second-order valence-electron chi connectivity index (χ2n) is 4.95. The minimum Gasteiger partial charge on any atom is -0.301 e. The number of aromatic nitrogens is 2. The summed E-state index contributed by atoms with van der Waals surface area (Å²) in [5.41, 5.74) is 5.41. The summed E-state index contributed by atoms with van der Waals surface area (Å²) in [7, 11) is 0. The summed E-state index contributed by atoms with van der Waals surface area (Å²) in [4.78, 5) is 4.80. The first kappa shape index (κ1) is 7.91. The van der Waals surface area contributed by atoms with Crippen LogP contribution in [0.5, 0.6) is 0 Å². The van der Waals surface area contributed by atoms with Crippen LogP contribution in [0.25, 0.3) is 5.65 Å². The Labute approximate surface area is 88.9 Å². The Morgan fingerprint density at radius 1 is 1.27 bits per heavy atom. The monoisotopic (exact) mass is 198 g/mol. The van der Waals surface area contributed by atoms with Crippen LogP contribution >= 0.6 is 0 Å². The lowest BCUT2D eigenvalue weighted by atomic mass is 10.0. The Bertz CT molecular complexity index is 553. The van der Waals surface area contributed by atoms with Gasteiger partial charge in [0.15, 0.2) is 0 Å². The van der Waals surface area contributed by atoms with Crippen LogP contribution < -0.4 is 0 Å². The number of rotatable bonds is 0. The van der Waals surface area contributed by atoms with E-state index in [1.807, 2.05) is 0 Å². The first-order valence-electron chi connectivity index (χ1n) is 5.82. The second-order valence-corrected chi connectivity index (χ2v) is 4.95. The fraction of sp³-hybridized carbons (Fsp3) is 0.462. The molecule has 1 fully saturated rings. The highest BCUT2D eigenvalue weighted by molar-refractivity contribution is 5.49. The number of aryl methyl sites for hydroxylation is 1. The van der Waals surface area contributed by atoms with Gasteiger partial charge in [0.25, 0.3) is 0 Å². The van der Waals surface area contributed by atoms with Gasteiger partial charge in [-0.3, -0.25) is 0 Å². The summed E-state index contributed by atoms with van der Waals surface area (Å²) in [6, 6.07) is 6.42. The van der Waals surface area contributed by atoms with Crippen LogP contribution in [0.2, 0.25) is 0 Å². The maximum absolute atomic E-state index is 4.80. The van der Waals surface area contributed by atoms with Crippen LogP contribution in [0.3, 0.4) is 0 Å². The number of hydrogen-bond donors (Lipinski definition) is 0. The molecule has 2 aliphatic carbocycles. The van der Waals surface area contributed by atoms with Crippen LogP contribution in [-0.2, 0) is 0 Å². The summed E-state index contributed by atoms with van der Waals surface area (Å²) in [6.07, 6.45) is 4.09. The summed E-state index contributed by atoms with van der Waals surface area (Å²) in [5, 5.41) is 0. The molecule has 0 aromatic carbocycles. The minimum absolute atomic E-state index is 0.768. The summed E-state index contributed by atoms with van der Waals surface area (Å²) < 4.78 is 2.37. The molecule has 0 radical (unpaired) electrons. The second kappa shape index (κ2) is 2.43. The first-order valence-corrected chi connectivity index (χ1v) is 5.82. The van der Waals surface area contributed by atoms with E-state index in [1.54, 1.807) is 0 Å². The normalized spacial score (nSPS) is 27.5. The molecule has 2 heteroatoms. The van der Waals surface area contributed by atoms with E-state index in [4.69, 9.17) is 4.98 Å². The highest BCUT2D eigenvalue weighted by Gasteiger charge is 2.40. The van der Waals surface area contributed by atoms with E-state index >= 15 is 0 Å². The smallest absolute Gasteiger partial charge is 0.137 e. The van der Waals surface area contributed by atoms with Crippen molar-refractivity contribution in [3.63, 3.8) is 0 Å². The lowest BCUT2D eigenvalue weighted by molar-refractivity contribution is 0.687. The van der Waals surface area contributed by atoms with Crippen molar-refractivity contribution in [2.24, 2.45) is 0 Å². The molecular formula is C13H14N2. The van der Waals surface area contributed by atoms with Gasteiger partial charge in [-0.25, -0.2) is 4.98 Å². The molecule has 76 valence electrons. The zero-order valence-corrected chi connectivity index (χ0v) is 8.90. The molecule has 2 aromatic heterocycles. The summed E-state index contributed by atoms with van der Waals surface area (Å²) in [6.45, 7) is 2.18. The molecule has 15 heavy (non-hydrogen) atoms. The molecule has 0 N–H and O–H groups in total. The van der Waals surface area contributed by atoms with E-state index < -0.39 is 0 Å². The number of fused-ring (bicyclic) bond motifs is 7. The third-order valence-electron chi connectivity index (χ3n) is 4.11. The third-order valence-corrected chi connectivity index (χ3v) is 4.11. The fourth-order valence-corrected chi connectivity index (χ4v) is 3.47. The van der Waals surface area contributed by atoms with Crippen molar-refractivity contribution in [3.05, 3.63) is 35.3 Å². The van der Waals surface area contributed by atoms with Gasteiger partial charge in [0.05, 0.1) is 5.69 Å². The largest absolute Gasteiger partial charge is 0.301 e. The van der Waals surface area contributed by atoms with Gasteiger partial charge < -0.3 is 4.40 Å². The van der Waals surface area contributed by atoms with Gasteiger partial charge in [-0.05, 0) is 38.3 Å². The highest BCUT2D eigenvalue weighted by atomic mass is 15.1. The molecule has 1 saturated carbocycles. The zero-order valence-electron chi connectivity index (χ0n) is 8.90. The predicted molar refractivity (Wildman–Crippen MR) is 59.3 cm³/mol. The topological polar surface area (TPSA) is 17.3 Å². The van der Waals surface area contributed by atoms with Gasteiger partial charge in [0.2, 0.25) is 0 Å². The number of hydrogen-bond acceptors (Lipinski definition) is 1. The SMILES string of the molecule is Cc1cccc2nc3c(n12)C1CCC3C1. The van der Waals surface area contributed by atoms with Crippen molar-refractivity contribution in [2.45, 2.75) is 38.0 Å². The Morgan fingerprint density at radius 3 is 3.07 bits per heavy atom. The van der Waals surface area contributed by atoms with E-state index in [-0.39, 0.29) is 0 Å². The van der Waals surface area contributed by atoms with Crippen molar-refractivity contribution < 1.29 is 0 Å². The van der Waals surface area contributed by atoms with Crippen LogP contribution in [0.4, 0.5) is 0 Å². The zero-order chi connectivity index (χ0) is 9.99. The Morgan fingerprint density at radius 2 is 2.13 bits per heavy atom. The molecule has 2 atom stereocenters. The molecule has 0 saturated heterocycles. The van der Waals surface area contributed by atoms with Crippen molar-refractivity contribution >= 4 is 5.65 Å². The molecular weight excluding hydrogens is 184 g/mol. The number of imidazole rings is 1. The molecule has 0 amide bonds. The van der Waals surface area contributed by atoms with Crippen LogP contribution in [0.1, 0.15) is 48.2 Å². The van der Waals surface area contributed by atoms with Gasteiger partial charge in [-0.2, -0.15) is 0 Å². The molecule has 2 aromatic rings. The van der Waals surface area contributed by atoms with Gasteiger partial charge in [0.1, 0.15) is 5.65 Å². The average Bonchev–Trinajstić information content (AvgIpc) is 2.87. The Balaban J connectivity index is 2.15. The Hall–Kier alpha value is -1.31. The van der Waals surface area contributed by atoms with Gasteiger partial charge in [0, 0.05) is 23.2 Å². The highest BCUT2D eigenvalue weighted by Crippen LogP contribution is 2.52. The van der Waals surface area contributed by atoms with Crippen molar-refractivity contribution in [3.8, 4) is 0 Å². The van der Waals surface area contributed by atoms with Crippen molar-refractivity contribution in [1.82, 2.24) is 9.38 Å². The third kappa shape index (κ3) is 0.834. The lowest BCUT2D eigenvalue weighted by Gasteiger charge is -2.11. The lowest BCUT2D eigenvalue weighted by Crippen LogP contribution is -2.01. The van der Waals surface area contributed by atoms with E-state index in [1.165, 1.54) is 36.3 Å². The van der Waals surface area contributed by atoms with Crippen molar-refractivity contribution in [2.75, 3.05) is 0 Å². The maximum atomic E-state index is 4.80. The average molecular weight is 198 g/mol. The number of nitrogens with zero attached hydrogens (tertiary/aromatic N) is 2. The van der Waals surface area contributed by atoms with Gasteiger partial charge in [-0.1, -0.05) is 6.07 Å². The molecule has 2 bridgehead atoms. The van der Waals surface area contributed by atoms with Crippen LogP contribution in [0, 0.1) is 6.92 Å². The molecule has 2 unspecified atom stereocenters. The molecule has 0 spiro atoms. The molecule has 4 rings (SSSR count). The molecule has 2 heterocycles. The van der Waals surface area contributed by atoms with Gasteiger partial charge in [-0.15, -0.1) is 0 Å². The summed E-state index contributed by atoms with van der Waals surface area (Å²) in [5.74, 6) is 1.56. The van der Waals surface area contributed by atoms with Crippen molar-refractivity contribution in [1.29, 1.82) is 0 Å².